The molecule has 0 spiro atoms. The van der Waals surface area contributed by atoms with Crippen molar-refractivity contribution in [2.75, 3.05) is 11.5 Å². The van der Waals surface area contributed by atoms with Gasteiger partial charge >= 0.3 is 0 Å². The van der Waals surface area contributed by atoms with E-state index in [-0.39, 0.29) is 5.78 Å². The third-order valence-electron chi connectivity index (χ3n) is 3.22. The summed E-state index contributed by atoms with van der Waals surface area (Å²) < 4.78 is 1.87. The number of carbonyl (C=O) groups is 1. The SMILES string of the molecule is CCCn1cc(C(=O)CC2CCSCC2)cn1. The Morgan fingerprint density at radius 2 is 2.29 bits per heavy atom. The number of nitrogens with zero attached hydrogens (tertiary/aromatic N) is 2. The fourth-order valence-corrected chi connectivity index (χ4v) is 3.39. The van der Waals surface area contributed by atoms with E-state index in [0.29, 0.717) is 12.3 Å². The highest BCUT2D eigenvalue weighted by Gasteiger charge is 2.19. The van der Waals surface area contributed by atoms with Crippen LogP contribution in [0.4, 0.5) is 0 Å². The lowest BCUT2D eigenvalue weighted by Crippen LogP contribution is -2.14. The molecule has 1 saturated heterocycles. The topological polar surface area (TPSA) is 34.9 Å². The number of rotatable bonds is 5. The van der Waals surface area contributed by atoms with Crippen LogP contribution in [0, 0.1) is 5.92 Å². The Labute approximate surface area is 107 Å². The van der Waals surface area contributed by atoms with Gasteiger partial charge in [-0.25, -0.2) is 0 Å². The average molecular weight is 252 g/mol. The second-order valence-electron chi connectivity index (χ2n) is 4.68. The van der Waals surface area contributed by atoms with Gasteiger partial charge in [-0.1, -0.05) is 6.92 Å². The number of aromatic nitrogens is 2. The molecular formula is C13H20N2OS. The Kier molecular flexibility index (Phi) is 4.66. The van der Waals surface area contributed by atoms with Crippen LogP contribution in [-0.4, -0.2) is 27.1 Å². The molecule has 0 unspecified atom stereocenters. The summed E-state index contributed by atoms with van der Waals surface area (Å²) in [6.07, 6.45) is 7.76. The van der Waals surface area contributed by atoms with E-state index in [2.05, 4.69) is 12.0 Å². The Morgan fingerprint density at radius 3 is 3.00 bits per heavy atom. The van der Waals surface area contributed by atoms with E-state index in [1.54, 1.807) is 6.20 Å². The molecule has 1 aromatic rings. The van der Waals surface area contributed by atoms with Crippen molar-refractivity contribution in [3.63, 3.8) is 0 Å². The number of hydrogen-bond donors (Lipinski definition) is 0. The lowest BCUT2D eigenvalue weighted by molar-refractivity contribution is 0.0958. The Bertz CT molecular complexity index is 369. The van der Waals surface area contributed by atoms with Crippen molar-refractivity contribution in [2.24, 2.45) is 5.92 Å². The molecule has 2 heterocycles. The summed E-state index contributed by atoms with van der Waals surface area (Å²) in [6.45, 7) is 3.01. The lowest BCUT2D eigenvalue weighted by Gasteiger charge is -2.19. The van der Waals surface area contributed by atoms with Gasteiger partial charge in [-0.2, -0.15) is 16.9 Å². The van der Waals surface area contributed by atoms with Gasteiger partial charge in [0.2, 0.25) is 0 Å². The van der Waals surface area contributed by atoms with E-state index in [9.17, 15) is 4.79 Å². The van der Waals surface area contributed by atoms with Gasteiger partial charge in [-0.05, 0) is 36.7 Å². The maximum atomic E-state index is 12.1. The molecule has 4 heteroatoms. The first-order valence-corrected chi connectivity index (χ1v) is 7.58. The summed E-state index contributed by atoms with van der Waals surface area (Å²) in [6, 6.07) is 0. The molecule has 3 nitrogen and oxygen atoms in total. The van der Waals surface area contributed by atoms with Crippen molar-refractivity contribution in [1.82, 2.24) is 9.78 Å². The van der Waals surface area contributed by atoms with Crippen LogP contribution < -0.4 is 0 Å². The van der Waals surface area contributed by atoms with Gasteiger partial charge in [0.15, 0.2) is 5.78 Å². The smallest absolute Gasteiger partial charge is 0.166 e. The van der Waals surface area contributed by atoms with Crippen LogP contribution in [0.15, 0.2) is 12.4 Å². The molecule has 1 aliphatic heterocycles. The molecular weight excluding hydrogens is 232 g/mol. The van der Waals surface area contributed by atoms with Crippen LogP contribution in [-0.2, 0) is 6.54 Å². The summed E-state index contributed by atoms with van der Waals surface area (Å²) >= 11 is 2.00. The van der Waals surface area contributed by atoms with Gasteiger partial charge in [0.1, 0.15) is 0 Å². The van der Waals surface area contributed by atoms with Crippen LogP contribution in [0.5, 0.6) is 0 Å². The van der Waals surface area contributed by atoms with Crippen molar-refractivity contribution < 1.29 is 4.79 Å². The van der Waals surface area contributed by atoms with Crippen molar-refractivity contribution in [2.45, 2.75) is 39.2 Å². The molecule has 17 heavy (non-hydrogen) atoms. The predicted octanol–water partition coefficient (Wildman–Crippen LogP) is 3.01. The first-order chi connectivity index (χ1) is 8.29. The molecule has 1 aliphatic rings. The first-order valence-electron chi connectivity index (χ1n) is 6.43. The van der Waals surface area contributed by atoms with Gasteiger partial charge in [0, 0.05) is 19.2 Å². The fourth-order valence-electron chi connectivity index (χ4n) is 2.19. The lowest BCUT2D eigenvalue weighted by atomic mass is 9.94. The van der Waals surface area contributed by atoms with E-state index < -0.39 is 0 Å². The monoisotopic (exact) mass is 252 g/mol. The van der Waals surface area contributed by atoms with Crippen LogP contribution in [0.1, 0.15) is 43.0 Å². The molecule has 94 valence electrons. The highest BCUT2D eigenvalue weighted by atomic mass is 32.2. The standard InChI is InChI=1S/C13H20N2OS/c1-2-5-15-10-12(9-14-15)13(16)8-11-3-6-17-7-4-11/h9-11H,2-8H2,1H3. The van der Waals surface area contributed by atoms with Crippen LogP contribution in [0.3, 0.4) is 0 Å². The van der Waals surface area contributed by atoms with Gasteiger partial charge < -0.3 is 0 Å². The molecule has 2 rings (SSSR count). The van der Waals surface area contributed by atoms with Gasteiger partial charge in [0.05, 0.1) is 11.8 Å². The summed E-state index contributed by atoms with van der Waals surface area (Å²) in [5.74, 6) is 3.29. The molecule has 0 aromatic carbocycles. The van der Waals surface area contributed by atoms with E-state index in [0.717, 1.165) is 18.5 Å². The average Bonchev–Trinajstić information content (AvgIpc) is 2.79. The molecule has 1 aromatic heterocycles. The number of Topliss-reactive ketones (excluding diaryl/α,β-unsaturated/α-hetero) is 1. The highest BCUT2D eigenvalue weighted by Crippen LogP contribution is 2.26. The highest BCUT2D eigenvalue weighted by molar-refractivity contribution is 7.99. The van der Waals surface area contributed by atoms with E-state index in [1.807, 2.05) is 22.6 Å². The minimum Gasteiger partial charge on any atom is -0.294 e. The van der Waals surface area contributed by atoms with Crippen LogP contribution >= 0.6 is 11.8 Å². The molecule has 0 radical (unpaired) electrons. The molecule has 0 amide bonds. The number of aryl methyl sites for hydroxylation is 1. The van der Waals surface area contributed by atoms with Crippen molar-refractivity contribution in [3.8, 4) is 0 Å². The second-order valence-corrected chi connectivity index (χ2v) is 5.90. The van der Waals surface area contributed by atoms with Crippen molar-refractivity contribution in [1.29, 1.82) is 0 Å². The Morgan fingerprint density at radius 1 is 1.53 bits per heavy atom. The van der Waals surface area contributed by atoms with Gasteiger partial charge in [-0.15, -0.1) is 0 Å². The summed E-state index contributed by atoms with van der Waals surface area (Å²) in [7, 11) is 0. The maximum Gasteiger partial charge on any atom is 0.166 e. The van der Waals surface area contributed by atoms with Crippen LogP contribution in [0.2, 0.25) is 0 Å². The first kappa shape index (κ1) is 12.7. The minimum atomic E-state index is 0.268. The predicted molar refractivity (Wildman–Crippen MR) is 71.5 cm³/mol. The normalized spacial score (nSPS) is 17.2. The third-order valence-corrected chi connectivity index (χ3v) is 4.27. The van der Waals surface area contributed by atoms with Gasteiger partial charge in [0.25, 0.3) is 0 Å². The molecule has 1 fully saturated rings. The fraction of sp³-hybridized carbons (Fsp3) is 0.692. The zero-order valence-electron chi connectivity index (χ0n) is 10.4. The molecule has 0 bridgehead atoms. The summed E-state index contributed by atoms with van der Waals surface area (Å²) in [4.78, 5) is 12.1. The number of ketones is 1. The summed E-state index contributed by atoms with van der Waals surface area (Å²) in [5.41, 5.74) is 0.789. The largest absolute Gasteiger partial charge is 0.294 e. The minimum absolute atomic E-state index is 0.268. The second kappa shape index (κ2) is 6.24. The quantitative estimate of drug-likeness (QED) is 0.756. The Hall–Kier alpha value is -0.770. The zero-order chi connectivity index (χ0) is 12.1. The summed E-state index contributed by atoms with van der Waals surface area (Å²) in [5, 5.41) is 4.21. The number of hydrogen-bond acceptors (Lipinski definition) is 3. The van der Waals surface area contributed by atoms with E-state index in [1.165, 1.54) is 24.3 Å². The molecule has 0 atom stereocenters. The molecule has 0 saturated carbocycles. The van der Waals surface area contributed by atoms with Crippen molar-refractivity contribution in [3.05, 3.63) is 18.0 Å². The van der Waals surface area contributed by atoms with Gasteiger partial charge in [-0.3, -0.25) is 9.48 Å². The Balaban J connectivity index is 1.89. The third kappa shape index (κ3) is 3.60. The van der Waals surface area contributed by atoms with Crippen LogP contribution in [0.25, 0.3) is 0 Å². The van der Waals surface area contributed by atoms with Crippen molar-refractivity contribution >= 4 is 17.5 Å². The number of carbonyl (C=O) groups excluding carboxylic acids is 1. The molecule has 0 N–H and O–H groups in total. The maximum absolute atomic E-state index is 12.1. The molecule has 0 aliphatic carbocycles. The van der Waals surface area contributed by atoms with E-state index in [4.69, 9.17) is 0 Å². The number of thioether (sulfide) groups is 1. The van der Waals surface area contributed by atoms with E-state index >= 15 is 0 Å². The zero-order valence-corrected chi connectivity index (χ0v) is 11.2.